The summed E-state index contributed by atoms with van der Waals surface area (Å²) in [5, 5.41) is 3.20. The van der Waals surface area contributed by atoms with Gasteiger partial charge in [0.2, 0.25) is 0 Å². The van der Waals surface area contributed by atoms with Crippen LogP contribution in [0.4, 0.5) is 11.4 Å². The molecule has 1 amide bonds. The van der Waals surface area contributed by atoms with E-state index in [9.17, 15) is 9.59 Å². The molecule has 1 saturated heterocycles. The van der Waals surface area contributed by atoms with E-state index in [0.29, 0.717) is 29.7 Å². The molecule has 2 aromatic rings. The van der Waals surface area contributed by atoms with Crippen LogP contribution in [0.15, 0.2) is 48.5 Å². The molecule has 2 aromatic carbocycles. The first-order valence-electron chi connectivity index (χ1n) is 8.87. The van der Waals surface area contributed by atoms with Gasteiger partial charge in [0.1, 0.15) is 5.75 Å². The van der Waals surface area contributed by atoms with Crippen LogP contribution >= 0.6 is 11.6 Å². The van der Waals surface area contributed by atoms with Crippen LogP contribution in [0.1, 0.15) is 0 Å². The van der Waals surface area contributed by atoms with Crippen molar-refractivity contribution in [2.24, 2.45) is 0 Å². The zero-order valence-corrected chi connectivity index (χ0v) is 16.0. The van der Waals surface area contributed by atoms with Crippen molar-refractivity contribution >= 4 is 34.9 Å². The number of nitrogens with zero attached hydrogens (tertiary/aromatic N) is 1. The van der Waals surface area contributed by atoms with E-state index < -0.39 is 11.9 Å². The maximum absolute atomic E-state index is 11.9. The topological polar surface area (TPSA) is 77.1 Å². The fraction of sp³-hybridized carbons (Fsp3) is 0.300. The van der Waals surface area contributed by atoms with Crippen LogP contribution in [0.5, 0.6) is 5.75 Å². The van der Waals surface area contributed by atoms with Gasteiger partial charge in [-0.25, -0.2) is 4.79 Å². The summed E-state index contributed by atoms with van der Waals surface area (Å²) in [6.45, 7) is 2.43. The highest BCUT2D eigenvalue weighted by Crippen LogP contribution is 2.19. The van der Waals surface area contributed by atoms with Crippen LogP contribution in [0, 0.1) is 0 Å². The van der Waals surface area contributed by atoms with Crippen molar-refractivity contribution in [3.05, 3.63) is 53.6 Å². The number of esters is 1. The van der Waals surface area contributed by atoms with Gasteiger partial charge in [-0.2, -0.15) is 0 Å². The molecular formula is C20H21ClN2O5. The van der Waals surface area contributed by atoms with E-state index >= 15 is 0 Å². The molecule has 1 aliphatic heterocycles. The van der Waals surface area contributed by atoms with Gasteiger partial charge in [-0.1, -0.05) is 17.7 Å². The first kappa shape index (κ1) is 20.0. The highest BCUT2D eigenvalue weighted by atomic mass is 35.5. The molecule has 1 N–H and O–H groups in total. The largest absolute Gasteiger partial charge is 0.482 e. The average molecular weight is 405 g/mol. The summed E-state index contributed by atoms with van der Waals surface area (Å²) in [5.41, 5.74) is 1.71. The van der Waals surface area contributed by atoms with E-state index in [1.54, 1.807) is 24.3 Å². The minimum atomic E-state index is -0.641. The van der Waals surface area contributed by atoms with Gasteiger partial charge in [-0.15, -0.1) is 0 Å². The zero-order chi connectivity index (χ0) is 19.8. The maximum atomic E-state index is 11.9. The number of benzene rings is 2. The number of carbonyl (C=O) groups is 2. The molecule has 0 aliphatic carbocycles. The summed E-state index contributed by atoms with van der Waals surface area (Å²) in [7, 11) is 0. The number of hydrogen-bond acceptors (Lipinski definition) is 6. The van der Waals surface area contributed by atoms with Crippen LogP contribution in [0.3, 0.4) is 0 Å². The lowest BCUT2D eigenvalue weighted by molar-refractivity contribution is -0.149. The van der Waals surface area contributed by atoms with Crippen molar-refractivity contribution in [1.82, 2.24) is 0 Å². The van der Waals surface area contributed by atoms with Gasteiger partial charge in [0.15, 0.2) is 13.2 Å². The Balaban J connectivity index is 1.39. The molecule has 1 fully saturated rings. The third-order valence-electron chi connectivity index (χ3n) is 4.04. The van der Waals surface area contributed by atoms with Crippen LogP contribution in [-0.2, 0) is 19.1 Å². The van der Waals surface area contributed by atoms with Crippen LogP contribution in [-0.4, -0.2) is 51.4 Å². The molecule has 1 aliphatic rings. The predicted molar refractivity (Wildman–Crippen MR) is 106 cm³/mol. The molecule has 0 saturated carbocycles. The quantitative estimate of drug-likeness (QED) is 0.715. The van der Waals surface area contributed by atoms with Crippen LogP contribution in [0.2, 0.25) is 5.02 Å². The molecule has 0 atom stereocenters. The smallest absolute Gasteiger partial charge is 0.344 e. The molecule has 148 valence electrons. The number of carbonyl (C=O) groups excluding carboxylic acids is 2. The summed E-state index contributed by atoms with van der Waals surface area (Å²) < 4.78 is 15.5. The van der Waals surface area contributed by atoms with Gasteiger partial charge >= 0.3 is 5.97 Å². The third-order valence-corrected chi connectivity index (χ3v) is 4.28. The van der Waals surface area contributed by atoms with Gasteiger partial charge in [0.05, 0.1) is 13.2 Å². The van der Waals surface area contributed by atoms with E-state index in [1.807, 2.05) is 24.3 Å². The molecular weight excluding hydrogens is 384 g/mol. The number of nitrogens with one attached hydrogen (secondary N) is 1. The molecule has 8 heteroatoms. The normalized spacial score (nSPS) is 13.7. The highest BCUT2D eigenvalue weighted by molar-refractivity contribution is 6.30. The van der Waals surface area contributed by atoms with Gasteiger partial charge in [-0.05, 0) is 42.5 Å². The van der Waals surface area contributed by atoms with Crippen molar-refractivity contribution in [3.8, 4) is 5.75 Å². The van der Waals surface area contributed by atoms with Crippen molar-refractivity contribution in [3.63, 3.8) is 0 Å². The number of ether oxygens (including phenoxy) is 3. The first-order chi connectivity index (χ1) is 13.6. The van der Waals surface area contributed by atoms with Crippen LogP contribution in [0.25, 0.3) is 0 Å². The Morgan fingerprint density at radius 1 is 1.07 bits per heavy atom. The number of amides is 1. The van der Waals surface area contributed by atoms with Gasteiger partial charge in [-0.3, -0.25) is 4.79 Å². The summed E-state index contributed by atoms with van der Waals surface area (Å²) in [6, 6.07) is 14.2. The number of hydrogen-bond donors (Lipinski definition) is 1. The molecule has 0 aromatic heterocycles. The Morgan fingerprint density at radius 2 is 1.82 bits per heavy atom. The number of halogens is 1. The fourth-order valence-electron chi connectivity index (χ4n) is 2.66. The second kappa shape index (κ2) is 9.96. The minimum absolute atomic E-state index is 0.304. The molecule has 0 unspecified atom stereocenters. The van der Waals surface area contributed by atoms with Crippen molar-refractivity contribution in [2.45, 2.75) is 0 Å². The summed E-state index contributed by atoms with van der Waals surface area (Å²) >= 11 is 5.84. The van der Waals surface area contributed by atoms with Gasteiger partial charge in [0.25, 0.3) is 5.91 Å². The van der Waals surface area contributed by atoms with Crippen molar-refractivity contribution in [1.29, 1.82) is 0 Å². The molecule has 0 radical (unpaired) electrons. The Hall–Kier alpha value is -2.77. The fourth-order valence-corrected chi connectivity index (χ4v) is 2.84. The summed E-state index contributed by atoms with van der Waals surface area (Å²) in [6.07, 6.45) is 0. The second-order valence-corrected chi connectivity index (χ2v) is 6.54. The Bertz CT molecular complexity index is 806. The Morgan fingerprint density at radius 3 is 2.54 bits per heavy atom. The van der Waals surface area contributed by atoms with E-state index in [1.165, 1.54) is 0 Å². The SMILES string of the molecule is O=C(COC(=O)COc1cccc(Cl)c1)Nc1ccc(N2CCOCC2)cc1. The monoisotopic (exact) mass is 404 g/mol. The lowest BCUT2D eigenvalue weighted by Gasteiger charge is -2.28. The molecule has 0 spiro atoms. The van der Waals surface area contributed by atoms with Gasteiger partial charge < -0.3 is 24.4 Å². The van der Waals surface area contributed by atoms with Crippen LogP contribution < -0.4 is 15.0 Å². The molecule has 3 rings (SSSR count). The summed E-state index contributed by atoms with van der Waals surface area (Å²) in [5.74, 6) is -0.609. The van der Waals surface area contributed by atoms with E-state index in [-0.39, 0.29) is 13.2 Å². The Labute approximate surface area is 168 Å². The number of morpholine rings is 1. The number of anilines is 2. The standard InChI is InChI=1S/C20H21ClN2O5/c21-15-2-1-3-18(12-15)27-14-20(25)28-13-19(24)22-16-4-6-17(7-5-16)23-8-10-26-11-9-23/h1-7,12H,8-11,13-14H2,(H,22,24). The third kappa shape index (κ3) is 6.14. The maximum Gasteiger partial charge on any atom is 0.344 e. The van der Waals surface area contributed by atoms with Crippen molar-refractivity contribution < 1.29 is 23.8 Å². The van der Waals surface area contributed by atoms with Crippen molar-refractivity contribution in [2.75, 3.05) is 49.7 Å². The molecule has 28 heavy (non-hydrogen) atoms. The molecule has 7 nitrogen and oxygen atoms in total. The predicted octanol–water partition coefficient (Wildman–Crippen LogP) is 2.74. The van der Waals surface area contributed by atoms with Gasteiger partial charge in [0, 0.05) is 29.5 Å². The van der Waals surface area contributed by atoms with E-state index in [2.05, 4.69) is 10.2 Å². The zero-order valence-electron chi connectivity index (χ0n) is 15.2. The average Bonchev–Trinajstić information content (AvgIpc) is 2.72. The Kier molecular flexibility index (Phi) is 7.11. The lowest BCUT2D eigenvalue weighted by Crippen LogP contribution is -2.36. The van der Waals surface area contributed by atoms with E-state index in [0.717, 1.165) is 18.8 Å². The first-order valence-corrected chi connectivity index (χ1v) is 9.24. The minimum Gasteiger partial charge on any atom is -0.482 e. The second-order valence-electron chi connectivity index (χ2n) is 6.10. The summed E-state index contributed by atoms with van der Waals surface area (Å²) in [4.78, 5) is 25.9. The molecule has 0 bridgehead atoms. The van der Waals surface area contributed by atoms with E-state index in [4.69, 9.17) is 25.8 Å². The lowest BCUT2D eigenvalue weighted by atomic mass is 10.2. The highest BCUT2D eigenvalue weighted by Gasteiger charge is 2.12. The number of rotatable bonds is 7. The molecule has 1 heterocycles.